The molecule has 1 N–H and O–H groups in total. The molecule has 23 heavy (non-hydrogen) atoms. The summed E-state index contributed by atoms with van der Waals surface area (Å²) in [5.74, 6) is -0.121. The lowest BCUT2D eigenvalue weighted by Gasteiger charge is -2.31. The lowest BCUT2D eigenvalue weighted by molar-refractivity contribution is 0.0927. The number of sulfonamides is 1. The molecule has 0 atom stereocenters. The molecule has 1 aliphatic rings. The fraction of sp³-hybridized carbons (Fsp3) is 0.429. The molecule has 0 aromatic carbocycles. The van der Waals surface area contributed by atoms with E-state index in [0.29, 0.717) is 35.0 Å². The van der Waals surface area contributed by atoms with Gasteiger partial charge < -0.3 is 5.32 Å². The quantitative estimate of drug-likeness (QED) is 0.893. The maximum absolute atomic E-state index is 12.5. The molecule has 0 bridgehead atoms. The molecule has 2 aromatic heterocycles. The summed E-state index contributed by atoms with van der Waals surface area (Å²) in [4.78, 5) is 16.9. The lowest BCUT2D eigenvalue weighted by Crippen LogP contribution is -2.46. The minimum absolute atomic E-state index is 0.00112. The molecule has 0 spiro atoms. The monoisotopic (exact) mass is 371 g/mol. The van der Waals surface area contributed by atoms with Gasteiger partial charge >= 0.3 is 0 Å². The molecule has 0 saturated carbocycles. The Hall–Kier alpha value is -1.29. The van der Waals surface area contributed by atoms with Crippen molar-refractivity contribution in [1.29, 1.82) is 0 Å². The van der Waals surface area contributed by atoms with Crippen LogP contribution in [0.25, 0.3) is 0 Å². The highest BCUT2D eigenvalue weighted by Crippen LogP contribution is 2.24. The molecule has 1 amide bonds. The van der Waals surface area contributed by atoms with Crippen LogP contribution in [0.1, 0.15) is 28.2 Å². The third-order valence-electron chi connectivity index (χ3n) is 3.83. The van der Waals surface area contributed by atoms with Crippen molar-refractivity contribution in [2.75, 3.05) is 13.1 Å². The Labute approximate surface area is 143 Å². The summed E-state index contributed by atoms with van der Waals surface area (Å²) in [6.45, 7) is 2.65. The van der Waals surface area contributed by atoms with Crippen molar-refractivity contribution < 1.29 is 13.2 Å². The number of amides is 1. The van der Waals surface area contributed by atoms with Gasteiger partial charge in [0.1, 0.15) is 9.09 Å². The second-order valence-electron chi connectivity index (χ2n) is 5.35. The SMILES string of the molecule is Cc1ncsc1C(=O)NC1CCN(S(=O)(=O)c2cccs2)CC1. The van der Waals surface area contributed by atoms with Crippen molar-refractivity contribution in [1.82, 2.24) is 14.6 Å². The summed E-state index contributed by atoms with van der Waals surface area (Å²) < 4.78 is 26.8. The summed E-state index contributed by atoms with van der Waals surface area (Å²) in [5, 5.41) is 4.74. The molecule has 3 heterocycles. The van der Waals surface area contributed by atoms with Crippen molar-refractivity contribution in [3.05, 3.63) is 33.6 Å². The van der Waals surface area contributed by atoms with E-state index >= 15 is 0 Å². The minimum Gasteiger partial charge on any atom is -0.348 e. The second kappa shape index (κ2) is 6.68. The standard InChI is InChI=1S/C14H17N3O3S3/c1-10-13(22-9-15-10)14(18)16-11-4-6-17(7-5-11)23(19,20)12-3-2-8-21-12/h2-3,8-9,11H,4-7H2,1H3,(H,16,18). The van der Waals surface area contributed by atoms with Gasteiger partial charge in [-0.2, -0.15) is 4.31 Å². The van der Waals surface area contributed by atoms with E-state index in [1.807, 2.05) is 6.92 Å². The van der Waals surface area contributed by atoms with Gasteiger partial charge in [-0.1, -0.05) is 6.07 Å². The van der Waals surface area contributed by atoms with E-state index in [0.717, 1.165) is 5.69 Å². The smallest absolute Gasteiger partial charge is 0.263 e. The summed E-state index contributed by atoms with van der Waals surface area (Å²) in [7, 11) is -3.39. The number of nitrogens with zero attached hydrogens (tertiary/aromatic N) is 2. The third kappa shape index (κ3) is 3.47. The number of thiazole rings is 1. The summed E-state index contributed by atoms with van der Waals surface area (Å²) in [6.07, 6.45) is 1.24. The number of hydrogen-bond donors (Lipinski definition) is 1. The minimum atomic E-state index is -3.39. The number of hydrogen-bond acceptors (Lipinski definition) is 6. The fourth-order valence-corrected chi connectivity index (χ4v) is 5.87. The number of thiophene rings is 1. The predicted molar refractivity (Wildman–Crippen MR) is 90.4 cm³/mol. The van der Waals surface area contributed by atoms with E-state index in [1.54, 1.807) is 23.0 Å². The zero-order valence-corrected chi connectivity index (χ0v) is 15.0. The van der Waals surface area contributed by atoms with E-state index in [1.165, 1.54) is 27.0 Å². The van der Waals surface area contributed by atoms with Gasteiger partial charge in [0, 0.05) is 19.1 Å². The van der Waals surface area contributed by atoms with Crippen LogP contribution in [0.2, 0.25) is 0 Å². The largest absolute Gasteiger partial charge is 0.348 e. The van der Waals surface area contributed by atoms with Crippen LogP contribution in [0, 0.1) is 6.92 Å². The number of carbonyl (C=O) groups excluding carboxylic acids is 1. The first-order valence-electron chi connectivity index (χ1n) is 7.23. The van der Waals surface area contributed by atoms with Crippen LogP contribution < -0.4 is 5.32 Å². The van der Waals surface area contributed by atoms with Crippen molar-refractivity contribution in [3.8, 4) is 0 Å². The Morgan fingerprint density at radius 1 is 1.35 bits per heavy atom. The number of aromatic nitrogens is 1. The van der Waals surface area contributed by atoms with E-state index in [9.17, 15) is 13.2 Å². The van der Waals surface area contributed by atoms with Gasteiger partial charge in [-0.05, 0) is 31.2 Å². The number of carbonyl (C=O) groups is 1. The van der Waals surface area contributed by atoms with E-state index in [4.69, 9.17) is 0 Å². The molecular weight excluding hydrogens is 354 g/mol. The van der Waals surface area contributed by atoms with Gasteiger partial charge in [0.2, 0.25) is 0 Å². The molecule has 0 unspecified atom stereocenters. The van der Waals surface area contributed by atoms with Gasteiger partial charge in [-0.3, -0.25) is 4.79 Å². The number of nitrogens with one attached hydrogen (secondary N) is 1. The van der Waals surface area contributed by atoms with Gasteiger partial charge in [0.25, 0.3) is 15.9 Å². The molecular formula is C14H17N3O3S3. The van der Waals surface area contributed by atoms with Gasteiger partial charge in [-0.15, -0.1) is 22.7 Å². The highest BCUT2D eigenvalue weighted by molar-refractivity contribution is 7.91. The molecule has 6 nitrogen and oxygen atoms in total. The highest BCUT2D eigenvalue weighted by atomic mass is 32.2. The Balaban J connectivity index is 1.59. The average Bonchev–Trinajstić information content (AvgIpc) is 3.19. The maximum Gasteiger partial charge on any atom is 0.263 e. The maximum atomic E-state index is 12.5. The Kier molecular flexibility index (Phi) is 4.81. The first kappa shape index (κ1) is 16.6. The average molecular weight is 372 g/mol. The summed E-state index contributed by atoms with van der Waals surface area (Å²) >= 11 is 2.55. The molecule has 1 fully saturated rings. The summed E-state index contributed by atoms with van der Waals surface area (Å²) in [5.41, 5.74) is 2.38. The molecule has 2 aromatic rings. The van der Waals surface area contributed by atoms with Crippen LogP contribution in [-0.4, -0.2) is 42.7 Å². The van der Waals surface area contributed by atoms with E-state index in [-0.39, 0.29) is 11.9 Å². The molecule has 1 aliphatic heterocycles. The first-order valence-corrected chi connectivity index (χ1v) is 10.4. The predicted octanol–water partition coefficient (Wildman–Crippen LogP) is 2.10. The van der Waals surface area contributed by atoms with Crippen molar-refractivity contribution in [2.24, 2.45) is 0 Å². The molecule has 9 heteroatoms. The molecule has 0 radical (unpaired) electrons. The normalized spacial score (nSPS) is 17.3. The van der Waals surface area contributed by atoms with Crippen LogP contribution >= 0.6 is 22.7 Å². The first-order chi connectivity index (χ1) is 11.0. The Morgan fingerprint density at radius 3 is 2.65 bits per heavy atom. The van der Waals surface area contributed by atoms with Crippen LogP contribution in [-0.2, 0) is 10.0 Å². The fourth-order valence-electron chi connectivity index (χ4n) is 2.55. The van der Waals surface area contributed by atoms with Crippen LogP contribution in [0.15, 0.2) is 27.2 Å². The van der Waals surface area contributed by atoms with Crippen LogP contribution in [0.3, 0.4) is 0 Å². The van der Waals surface area contributed by atoms with Gasteiger partial charge in [0.05, 0.1) is 11.2 Å². The number of piperidine rings is 1. The van der Waals surface area contributed by atoms with E-state index in [2.05, 4.69) is 10.3 Å². The number of rotatable bonds is 4. The molecule has 124 valence electrons. The highest BCUT2D eigenvalue weighted by Gasteiger charge is 2.30. The Bertz CT molecular complexity index is 775. The van der Waals surface area contributed by atoms with E-state index < -0.39 is 10.0 Å². The van der Waals surface area contributed by atoms with Crippen LogP contribution in [0.4, 0.5) is 0 Å². The third-order valence-corrected chi connectivity index (χ3v) is 8.03. The topological polar surface area (TPSA) is 79.4 Å². The summed E-state index contributed by atoms with van der Waals surface area (Å²) in [6, 6.07) is 3.36. The van der Waals surface area contributed by atoms with Gasteiger partial charge in [-0.25, -0.2) is 13.4 Å². The Morgan fingerprint density at radius 2 is 2.09 bits per heavy atom. The lowest BCUT2D eigenvalue weighted by atomic mass is 10.1. The van der Waals surface area contributed by atoms with Crippen molar-refractivity contribution >= 4 is 38.6 Å². The van der Waals surface area contributed by atoms with Crippen LogP contribution in [0.5, 0.6) is 0 Å². The second-order valence-corrected chi connectivity index (χ2v) is 9.32. The zero-order chi connectivity index (χ0) is 16.4. The van der Waals surface area contributed by atoms with Gasteiger partial charge in [0.15, 0.2) is 0 Å². The molecule has 0 aliphatic carbocycles. The van der Waals surface area contributed by atoms with Crippen molar-refractivity contribution in [3.63, 3.8) is 0 Å². The zero-order valence-electron chi connectivity index (χ0n) is 12.6. The number of aryl methyl sites for hydroxylation is 1. The molecule has 1 saturated heterocycles. The molecule has 3 rings (SSSR count). The van der Waals surface area contributed by atoms with Crippen molar-refractivity contribution in [2.45, 2.75) is 30.0 Å².